The van der Waals surface area contributed by atoms with E-state index in [0.717, 1.165) is 0 Å². The number of aromatic amines is 1. The van der Waals surface area contributed by atoms with Crippen LogP contribution in [0.5, 0.6) is 0 Å². The SMILES string of the molecule is COCCc1cn([C@@H]2S[C@H](CO)C[C@H]2O)c(=O)[nH]c1=O. The number of thioether (sulfide) groups is 1. The van der Waals surface area contributed by atoms with Gasteiger partial charge in [0.05, 0.1) is 19.3 Å². The van der Waals surface area contributed by atoms with Gasteiger partial charge in [-0.05, 0) is 6.42 Å². The minimum absolute atomic E-state index is 0.0487. The van der Waals surface area contributed by atoms with Gasteiger partial charge in [0.15, 0.2) is 0 Å². The van der Waals surface area contributed by atoms with Gasteiger partial charge in [-0.3, -0.25) is 14.3 Å². The van der Waals surface area contributed by atoms with Crippen LogP contribution in [0.1, 0.15) is 17.4 Å². The summed E-state index contributed by atoms with van der Waals surface area (Å²) in [5.41, 5.74) is -0.544. The lowest BCUT2D eigenvalue weighted by Crippen LogP contribution is -2.35. The Bertz CT molecular complexity index is 570. The Kier molecular flexibility index (Phi) is 5.03. The summed E-state index contributed by atoms with van der Waals surface area (Å²) in [5.74, 6) is 0. The second-order valence-corrected chi connectivity index (χ2v) is 6.12. The van der Waals surface area contributed by atoms with E-state index < -0.39 is 22.7 Å². The maximum absolute atomic E-state index is 11.9. The van der Waals surface area contributed by atoms with Crippen molar-refractivity contribution < 1.29 is 14.9 Å². The van der Waals surface area contributed by atoms with Crippen molar-refractivity contribution in [3.63, 3.8) is 0 Å². The van der Waals surface area contributed by atoms with Gasteiger partial charge in [-0.2, -0.15) is 0 Å². The smallest absolute Gasteiger partial charge is 0.329 e. The first-order valence-corrected chi connectivity index (χ1v) is 7.28. The first kappa shape index (κ1) is 15.3. The average molecular weight is 302 g/mol. The van der Waals surface area contributed by atoms with E-state index in [0.29, 0.717) is 25.0 Å². The zero-order valence-electron chi connectivity index (χ0n) is 11.1. The summed E-state index contributed by atoms with van der Waals surface area (Å²) in [6.45, 7) is 0.327. The molecule has 0 radical (unpaired) electrons. The van der Waals surface area contributed by atoms with Crippen LogP contribution in [0, 0.1) is 0 Å². The van der Waals surface area contributed by atoms with E-state index in [1.807, 2.05) is 0 Å². The lowest BCUT2D eigenvalue weighted by atomic mass is 10.2. The van der Waals surface area contributed by atoms with Crippen molar-refractivity contribution in [2.45, 2.75) is 29.6 Å². The molecule has 1 saturated heterocycles. The number of aliphatic hydroxyl groups is 2. The minimum Gasteiger partial charge on any atom is -0.395 e. The summed E-state index contributed by atoms with van der Waals surface area (Å²) in [6, 6.07) is 0. The molecule has 3 atom stereocenters. The first-order chi connectivity index (χ1) is 9.56. The van der Waals surface area contributed by atoms with E-state index >= 15 is 0 Å². The Balaban J connectivity index is 2.31. The predicted octanol–water partition coefficient (Wildman–Crippen LogP) is -0.917. The molecule has 1 aliphatic heterocycles. The number of hydrogen-bond acceptors (Lipinski definition) is 6. The fraction of sp³-hybridized carbons (Fsp3) is 0.667. The number of aliphatic hydroxyl groups excluding tert-OH is 2. The molecule has 0 saturated carbocycles. The number of H-pyrrole nitrogens is 1. The summed E-state index contributed by atoms with van der Waals surface area (Å²) >= 11 is 1.33. The van der Waals surface area contributed by atoms with Gasteiger partial charge in [0.2, 0.25) is 0 Å². The Labute approximate surface area is 119 Å². The maximum atomic E-state index is 11.9. The highest BCUT2D eigenvalue weighted by Gasteiger charge is 2.35. The van der Waals surface area contributed by atoms with Crippen molar-refractivity contribution >= 4 is 11.8 Å². The summed E-state index contributed by atoms with van der Waals surface area (Å²) in [4.78, 5) is 25.8. The predicted molar refractivity (Wildman–Crippen MR) is 75.0 cm³/mol. The van der Waals surface area contributed by atoms with Gasteiger partial charge in [0.25, 0.3) is 5.56 Å². The van der Waals surface area contributed by atoms with Crippen molar-refractivity contribution in [2.24, 2.45) is 0 Å². The van der Waals surface area contributed by atoms with Gasteiger partial charge >= 0.3 is 5.69 Å². The molecular weight excluding hydrogens is 284 g/mol. The van der Waals surface area contributed by atoms with Crippen LogP contribution in [0.3, 0.4) is 0 Å². The van der Waals surface area contributed by atoms with Crippen LogP contribution in [0.25, 0.3) is 0 Å². The van der Waals surface area contributed by atoms with E-state index in [1.54, 1.807) is 0 Å². The number of methoxy groups -OCH3 is 1. The van der Waals surface area contributed by atoms with Gasteiger partial charge < -0.3 is 14.9 Å². The molecule has 1 aromatic heterocycles. The molecule has 1 aliphatic rings. The number of nitrogens with one attached hydrogen (secondary N) is 1. The third kappa shape index (κ3) is 3.14. The molecule has 3 N–H and O–H groups in total. The van der Waals surface area contributed by atoms with Gasteiger partial charge in [0, 0.05) is 30.5 Å². The van der Waals surface area contributed by atoms with Gasteiger partial charge in [-0.1, -0.05) is 0 Å². The number of rotatable bonds is 5. The Hall–Kier alpha value is -1.09. The lowest BCUT2D eigenvalue weighted by molar-refractivity contribution is 0.141. The molecule has 2 rings (SSSR count). The second kappa shape index (κ2) is 6.57. The molecule has 20 heavy (non-hydrogen) atoms. The molecule has 112 valence electrons. The molecule has 0 aromatic carbocycles. The number of nitrogens with zero attached hydrogens (tertiary/aromatic N) is 1. The Morgan fingerprint density at radius 3 is 2.90 bits per heavy atom. The largest absolute Gasteiger partial charge is 0.395 e. The van der Waals surface area contributed by atoms with Crippen molar-refractivity contribution in [3.05, 3.63) is 32.6 Å². The van der Waals surface area contributed by atoms with Crippen LogP contribution < -0.4 is 11.2 Å². The van der Waals surface area contributed by atoms with Crippen LogP contribution in [0.2, 0.25) is 0 Å². The monoisotopic (exact) mass is 302 g/mol. The van der Waals surface area contributed by atoms with E-state index in [4.69, 9.17) is 9.84 Å². The van der Waals surface area contributed by atoms with E-state index in [-0.39, 0.29) is 11.9 Å². The second-order valence-electron chi connectivity index (χ2n) is 4.70. The van der Waals surface area contributed by atoms with Crippen LogP contribution in [0.15, 0.2) is 15.8 Å². The summed E-state index contributed by atoms with van der Waals surface area (Å²) in [6.07, 6.45) is 1.56. The van der Waals surface area contributed by atoms with Gasteiger partial charge in [-0.25, -0.2) is 4.79 Å². The summed E-state index contributed by atoms with van der Waals surface area (Å²) < 4.78 is 6.25. The van der Waals surface area contributed by atoms with E-state index in [9.17, 15) is 14.7 Å². The molecule has 0 amide bonds. The Morgan fingerprint density at radius 2 is 2.30 bits per heavy atom. The standard InChI is InChI=1S/C12H18N2O5S/c1-19-3-2-7-5-14(12(18)13-10(7)17)11-9(16)4-8(6-15)20-11/h5,8-9,11,15-16H,2-4,6H2,1H3,(H,13,17,18)/t8-,9+,11+/m0/s1. The van der Waals surface area contributed by atoms with Crippen molar-refractivity contribution in [3.8, 4) is 0 Å². The van der Waals surface area contributed by atoms with Crippen LogP contribution in [-0.4, -0.2) is 51.4 Å². The van der Waals surface area contributed by atoms with Gasteiger partial charge in [0.1, 0.15) is 5.37 Å². The highest BCUT2D eigenvalue weighted by atomic mass is 32.2. The molecule has 0 unspecified atom stereocenters. The minimum atomic E-state index is -0.726. The van der Waals surface area contributed by atoms with E-state index in [1.165, 1.54) is 29.6 Å². The van der Waals surface area contributed by atoms with Crippen molar-refractivity contribution in [1.29, 1.82) is 0 Å². The molecule has 1 aromatic rings. The number of hydrogen-bond donors (Lipinski definition) is 3. The maximum Gasteiger partial charge on any atom is 0.329 e. The molecular formula is C12H18N2O5S. The molecule has 1 fully saturated rings. The molecule has 2 heterocycles. The highest BCUT2D eigenvalue weighted by molar-refractivity contribution is 8.00. The molecule has 8 heteroatoms. The molecule has 0 bridgehead atoms. The number of ether oxygens (including phenoxy) is 1. The lowest BCUT2D eigenvalue weighted by Gasteiger charge is -2.17. The third-order valence-corrected chi connectivity index (χ3v) is 4.81. The zero-order chi connectivity index (χ0) is 14.7. The molecule has 7 nitrogen and oxygen atoms in total. The van der Waals surface area contributed by atoms with Crippen LogP contribution >= 0.6 is 11.8 Å². The number of aromatic nitrogens is 2. The fourth-order valence-corrected chi connectivity index (χ4v) is 3.57. The fourth-order valence-electron chi connectivity index (χ4n) is 2.20. The van der Waals surface area contributed by atoms with Crippen molar-refractivity contribution in [2.75, 3.05) is 20.3 Å². The Morgan fingerprint density at radius 1 is 1.55 bits per heavy atom. The third-order valence-electron chi connectivity index (χ3n) is 3.26. The van der Waals surface area contributed by atoms with Crippen LogP contribution in [0.4, 0.5) is 0 Å². The van der Waals surface area contributed by atoms with E-state index in [2.05, 4.69) is 4.98 Å². The topological polar surface area (TPSA) is 105 Å². The molecule has 0 spiro atoms. The van der Waals surface area contributed by atoms with Crippen molar-refractivity contribution in [1.82, 2.24) is 9.55 Å². The van der Waals surface area contributed by atoms with Crippen LogP contribution in [-0.2, 0) is 11.2 Å². The normalized spacial score (nSPS) is 26.1. The highest BCUT2D eigenvalue weighted by Crippen LogP contribution is 2.40. The quantitative estimate of drug-likeness (QED) is 0.650. The molecule has 0 aliphatic carbocycles. The first-order valence-electron chi connectivity index (χ1n) is 6.34. The summed E-state index contributed by atoms with van der Waals surface area (Å²) in [5, 5.41) is 18.5. The average Bonchev–Trinajstić information content (AvgIpc) is 2.79. The zero-order valence-corrected chi connectivity index (χ0v) is 11.9. The van der Waals surface area contributed by atoms with Gasteiger partial charge in [-0.15, -0.1) is 11.8 Å². The summed E-state index contributed by atoms with van der Waals surface area (Å²) in [7, 11) is 1.53.